The average molecular weight is 276 g/mol. The second-order valence-electron chi connectivity index (χ2n) is 5.28. The molecule has 1 saturated heterocycles. The Hall–Kier alpha value is -1.75. The number of carbonyl (C=O) groups excluding carboxylic acids is 1. The normalized spacial score (nSPS) is 20.7. The zero-order valence-corrected chi connectivity index (χ0v) is 11.5. The summed E-state index contributed by atoms with van der Waals surface area (Å²) in [6.07, 6.45) is 2.66. The number of nitrogens with one attached hydrogen (secondary N) is 2. The lowest BCUT2D eigenvalue weighted by Crippen LogP contribution is -2.19. The van der Waals surface area contributed by atoms with Crippen molar-refractivity contribution in [3.8, 4) is 11.5 Å². The maximum Gasteiger partial charge on any atom is 0.224 e. The van der Waals surface area contributed by atoms with E-state index in [1.165, 1.54) is 6.42 Å². The number of anilines is 1. The van der Waals surface area contributed by atoms with Crippen LogP contribution in [0, 0.1) is 5.92 Å². The molecule has 2 N–H and O–H groups in total. The van der Waals surface area contributed by atoms with Crippen molar-refractivity contribution in [1.29, 1.82) is 0 Å². The van der Waals surface area contributed by atoms with E-state index >= 15 is 0 Å². The topological polar surface area (TPSA) is 59.6 Å². The molecule has 5 heteroatoms. The zero-order chi connectivity index (χ0) is 13.8. The van der Waals surface area contributed by atoms with Crippen LogP contribution in [0.5, 0.6) is 11.5 Å². The highest BCUT2D eigenvalue weighted by molar-refractivity contribution is 5.92. The molecule has 1 atom stereocenters. The van der Waals surface area contributed by atoms with Gasteiger partial charge in [0.1, 0.15) is 13.2 Å². The highest BCUT2D eigenvalue weighted by atomic mass is 16.6. The van der Waals surface area contributed by atoms with E-state index in [0.29, 0.717) is 42.7 Å². The Morgan fingerprint density at radius 3 is 3.10 bits per heavy atom. The van der Waals surface area contributed by atoms with Gasteiger partial charge in [0.2, 0.25) is 5.91 Å². The summed E-state index contributed by atoms with van der Waals surface area (Å²) in [5, 5.41) is 6.25. The van der Waals surface area contributed by atoms with Gasteiger partial charge in [0.25, 0.3) is 0 Å². The Labute approximate surface area is 118 Å². The van der Waals surface area contributed by atoms with Gasteiger partial charge in [0, 0.05) is 6.42 Å². The van der Waals surface area contributed by atoms with Crippen molar-refractivity contribution in [2.45, 2.75) is 19.3 Å². The van der Waals surface area contributed by atoms with Crippen molar-refractivity contribution in [2.24, 2.45) is 5.92 Å². The number of fused-ring (bicyclic) bond motifs is 1. The lowest BCUT2D eigenvalue weighted by Gasteiger charge is -2.21. The van der Waals surface area contributed by atoms with Gasteiger partial charge in [-0.05, 0) is 44.0 Å². The summed E-state index contributed by atoms with van der Waals surface area (Å²) < 4.78 is 11.1. The summed E-state index contributed by atoms with van der Waals surface area (Å²) in [6.45, 7) is 3.18. The highest BCUT2D eigenvalue weighted by Gasteiger charge is 2.19. The molecule has 0 aromatic heterocycles. The summed E-state index contributed by atoms with van der Waals surface area (Å²) >= 11 is 0. The highest BCUT2D eigenvalue weighted by Crippen LogP contribution is 2.37. The third kappa shape index (κ3) is 3.04. The van der Waals surface area contributed by atoms with E-state index in [4.69, 9.17) is 9.47 Å². The van der Waals surface area contributed by atoms with E-state index in [1.807, 2.05) is 18.2 Å². The molecule has 1 aromatic rings. The van der Waals surface area contributed by atoms with E-state index in [0.717, 1.165) is 19.5 Å². The SMILES string of the molecule is O=C(CCC1CCNC1)Nc1cccc2c1OCCO2. The van der Waals surface area contributed by atoms with Crippen LogP contribution in [-0.2, 0) is 4.79 Å². The Morgan fingerprint density at radius 2 is 2.25 bits per heavy atom. The summed E-state index contributed by atoms with van der Waals surface area (Å²) in [5.74, 6) is 2.02. The molecule has 1 fully saturated rings. The number of ether oxygens (including phenoxy) is 2. The largest absolute Gasteiger partial charge is 0.486 e. The molecule has 2 aliphatic heterocycles. The number of para-hydroxylation sites is 1. The molecule has 1 unspecified atom stereocenters. The fourth-order valence-electron chi connectivity index (χ4n) is 2.68. The number of rotatable bonds is 4. The van der Waals surface area contributed by atoms with Crippen LogP contribution < -0.4 is 20.1 Å². The first kappa shape index (κ1) is 13.2. The van der Waals surface area contributed by atoms with Crippen molar-refractivity contribution in [2.75, 3.05) is 31.6 Å². The first-order valence-electron chi connectivity index (χ1n) is 7.22. The Bertz CT molecular complexity index is 484. The quantitative estimate of drug-likeness (QED) is 0.880. The first-order chi connectivity index (χ1) is 9.83. The summed E-state index contributed by atoms with van der Waals surface area (Å²) in [5.41, 5.74) is 0.705. The Morgan fingerprint density at radius 1 is 1.35 bits per heavy atom. The average Bonchev–Trinajstić information content (AvgIpc) is 2.99. The molecule has 0 saturated carbocycles. The van der Waals surface area contributed by atoms with Crippen LogP contribution in [0.15, 0.2) is 18.2 Å². The van der Waals surface area contributed by atoms with E-state index in [1.54, 1.807) is 0 Å². The smallest absolute Gasteiger partial charge is 0.224 e. The van der Waals surface area contributed by atoms with E-state index < -0.39 is 0 Å². The van der Waals surface area contributed by atoms with Gasteiger partial charge >= 0.3 is 0 Å². The number of hydrogen-bond acceptors (Lipinski definition) is 4. The van der Waals surface area contributed by atoms with Gasteiger partial charge in [-0.3, -0.25) is 4.79 Å². The first-order valence-corrected chi connectivity index (χ1v) is 7.22. The van der Waals surface area contributed by atoms with Gasteiger partial charge in [-0.1, -0.05) is 6.07 Å². The molecular weight excluding hydrogens is 256 g/mol. The van der Waals surface area contributed by atoms with E-state index in [9.17, 15) is 4.79 Å². The number of carbonyl (C=O) groups is 1. The van der Waals surface area contributed by atoms with Crippen LogP contribution in [0.2, 0.25) is 0 Å². The molecule has 3 rings (SSSR count). The lowest BCUT2D eigenvalue weighted by atomic mass is 10.0. The predicted molar refractivity (Wildman–Crippen MR) is 76.3 cm³/mol. The molecule has 20 heavy (non-hydrogen) atoms. The maximum atomic E-state index is 12.0. The minimum absolute atomic E-state index is 0.0412. The molecule has 5 nitrogen and oxygen atoms in total. The minimum Gasteiger partial charge on any atom is -0.486 e. The van der Waals surface area contributed by atoms with Crippen LogP contribution in [0.1, 0.15) is 19.3 Å². The second-order valence-corrected chi connectivity index (χ2v) is 5.28. The zero-order valence-electron chi connectivity index (χ0n) is 11.5. The lowest BCUT2D eigenvalue weighted by molar-refractivity contribution is -0.116. The number of benzene rings is 1. The van der Waals surface area contributed by atoms with Crippen molar-refractivity contribution < 1.29 is 14.3 Å². The van der Waals surface area contributed by atoms with Crippen LogP contribution >= 0.6 is 0 Å². The monoisotopic (exact) mass is 276 g/mol. The molecular formula is C15H20N2O3. The molecule has 0 radical (unpaired) electrons. The Balaban J connectivity index is 1.58. The summed E-state index contributed by atoms with van der Waals surface area (Å²) in [7, 11) is 0. The molecule has 0 spiro atoms. The van der Waals surface area contributed by atoms with Gasteiger partial charge in [-0.15, -0.1) is 0 Å². The Kier molecular flexibility index (Phi) is 4.06. The van der Waals surface area contributed by atoms with Gasteiger partial charge in [0.15, 0.2) is 11.5 Å². The fraction of sp³-hybridized carbons (Fsp3) is 0.533. The maximum absolute atomic E-state index is 12.0. The van der Waals surface area contributed by atoms with Crippen molar-refractivity contribution >= 4 is 11.6 Å². The molecule has 0 bridgehead atoms. The van der Waals surface area contributed by atoms with Crippen molar-refractivity contribution in [3.05, 3.63) is 18.2 Å². The van der Waals surface area contributed by atoms with Gasteiger partial charge in [-0.25, -0.2) is 0 Å². The molecule has 1 amide bonds. The third-order valence-corrected chi connectivity index (χ3v) is 3.78. The van der Waals surface area contributed by atoms with Gasteiger partial charge in [-0.2, -0.15) is 0 Å². The molecule has 0 aliphatic carbocycles. The summed E-state index contributed by atoms with van der Waals surface area (Å²) in [6, 6.07) is 5.57. The van der Waals surface area contributed by atoms with Gasteiger partial charge in [0.05, 0.1) is 5.69 Å². The van der Waals surface area contributed by atoms with Crippen molar-refractivity contribution in [3.63, 3.8) is 0 Å². The molecule has 2 heterocycles. The predicted octanol–water partition coefficient (Wildman–Crippen LogP) is 1.79. The third-order valence-electron chi connectivity index (χ3n) is 3.78. The van der Waals surface area contributed by atoms with Crippen LogP contribution in [0.4, 0.5) is 5.69 Å². The summed E-state index contributed by atoms with van der Waals surface area (Å²) in [4.78, 5) is 12.0. The fourth-order valence-corrected chi connectivity index (χ4v) is 2.68. The van der Waals surface area contributed by atoms with Crippen LogP contribution in [0.3, 0.4) is 0 Å². The number of hydrogen-bond donors (Lipinski definition) is 2. The van der Waals surface area contributed by atoms with Crippen molar-refractivity contribution in [1.82, 2.24) is 5.32 Å². The second kappa shape index (κ2) is 6.13. The van der Waals surface area contributed by atoms with Crippen LogP contribution in [-0.4, -0.2) is 32.2 Å². The van der Waals surface area contributed by atoms with E-state index in [2.05, 4.69) is 10.6 Å². The molecule has 108 valence electrons. The molecule has 2 aliphatic rings. The van der Waals surface area contributed by atoms with Crippen LogP contribution in [0.25, 0.3) is 0 Å². The van der Waals surface area contributed by atoms with Gasteiger partial charge < -0.3 is 20.1 Å². The minimum atomic E-state index is 0.0412. The number of amides is 1. The molecule has 1 aromatic carbocycles. The standard InChI is InChI=1S/C15H20N2O3/c18-14(5-4-11-6-7-16-10-11)17-12-2-1-3-13-15(12)20-9-8-19-13/h1-3,11,16H,4-10H2,(H,17,18). The van der Waals surface area contributed by atoms with E-state index in [-0.39, 0.29) is 5.91 Å².